The molecule has 1 aliphatic rings. The summed E-state index contributed by atoms with van der Waals surface area (Å²) in [5.41, 5.74) is 3.20. The molecule has 1 atom stereocenters. The van der Waals surface area contributed by atoms with Gasteiger partial charge in [0.1, 0.15) is 0 Å². The Bertz CT molecular complexity index is 742. The molecule has 1 aromatic heterocycles. The molecule has 1 fully saturated rings. The summed E-state index contributed by atoms with van der Waals surface area (Å²) < 4.78 is 6.36. The Hall–Kier alpha value is -1.88. The van der Waals surface area contributed by atoms with Gasteiger partial charge in [-0.1, -0.05) is 35.0 Å². The molecule has 0 radical (unpaired) electrons. The fourth-order valence-corrected chi connectivity index (χ4v) is 3.30. The van der Waals surface area contributed by atoms with Gasteiger partial charge in [-0.05, 0) is 54.5 Å². The van der Waals surface area contributed by atoms with Gasteiger partial charge in [-0.2, -0.15) is 0 Å². The van der Waals surface area contributed by atoms with E-state index in [4.69, 9.17) is 4.74 Å². The average Bonchev–Trinajstić information content (AvgIpc) is 3.47. The Labute approximate surface area is 157 Å². The van der Waals surface area contributed by atoms with Crippen molar-refractivity contribution in [3.63, 3.8) is 0 Å². The van der Waals surface area contributed by atoms with Crippen molar-refractivity contribution in [3.8, 4) is 5.88 Å². The first kappa shape index (κ1) is 17.9. The Morgan fingerprint density at radius 1 is 1.36 bits per heavy atom. The molecule has 3 rings (SSSR count). The van der Waals surface area contributed by atoms with Gasteiger partial charge in [0.15, 0.2) is 0 Å². The lowest BCUT2D eigenvalue weighted by Crippen LogP contribution is -2.29. The fourth-order valence-electron chi connectivity index (χ4n) is 3.04. The molecule has 1 N–H and O–H groups in total. The number of nitrogens with zero attached hydrogens (tertiary/aromatic N) is 1. The van der Waals surface area contributed by atoms with E-state index in [2.05, 4.69) is 32.3 Å². The van der Waals surface area contributed by atoms with Crippen LogP contribution in [0.25, 0.3) is 0 Å². The van der Waals surface area contributed by atoms with Crippen molar-refractivity contribution in [2.24, 2.45) is 0 Å². The lowest BCUT2D eigenvalue weighted by atomic mass is 9.95. The van der Waals surface area contributed by atoms with Crippen molar-refractivity contribution in [2.75, 3.05) is 7.11 Å². The molecule has 2 aromatic rings. The van der Waals surface area contributed by atoms with Crippen LogP contribution in [-0.4, -0.2) is 18.0 Å². The number of hydrogen-bond donors (Lipinski definition) is 1. The molecule has 1 saturated carbocycles. The fraction of sp³-hybridized carbons (Fsp3) is 0.400. The first-order valence-corrected chi connectivity index (χ1v) is 9.47. The van der Waals surface area contributed by atoms with Crippen LogP contribution in [0.15, 0.2) is 41.0 Å². The van der Waals surface area contributed by atoms with Gasteiger partial charge in [-0.25, -0.2) is 4.98 Å². The molecule has 25 heavy (non-hydrogen) atoms. The SMILES string of the molecule is CCC(C(=O)NCc1cc(C2CC2)cnc1OC)c1ccc(Br)cc1. The highest BCUT2D eigenvalue weighted by molar-refractivity contribution is 9.10. The summed E-state index contributed by atoms with van der Waals surface area (Å²) in [6, 6.07) is 10.0. The smallest absolute Gasteiger partial charge is 0.227 e. The van der Waals surface area contributed by atoms with Gasteiger partial charge in [-0.3, -0.25) is 4.79 Å². The third kappa shape index (κ3) is 4.40. The largest absolute Gasteiger partial charge is 0.481 e. The minimum absolute atomic E-state index is 0.0312. The molecule has 1 unspecified atom stereocenters. The van der Waals surface area contributed by atoms with Crippen molar-refractivity contribution in [1.82, 2.24) is 10.3 Å². The zero-order valence-electron chi connectivity index (χ0n) is 14.6. The summed E-state index contributed by atoms with van der Waals surface area (Å²) in [5.74, 6) is 1.09. The number of benzene rings is 1. The summed E-state index contributed by atoms with van der Waals surface area (Å²) in [7, 11) is 1.61. The van der Waals surface area contributed by atoms with Crippen molar-refractivity contribution >= 4 is 21.8 Å². The average molecular weight is 403 g/mol. The molecule has 1 heterocycles. The van der Waals surface area contributed by atoms with E-state index in [1.54, 1.807) is 7.11 Å². The lowest BCUT2D eigenvalue weighted by Gasteiger charge is -2.16. The lowest BCUT2D eigenvalue weighted by molar-refractivity contribution is -0.122. The Kier molecular flexibility index (Phi) is 5.74. The van der Waals surface area contributed by atoms with Crippen LogP contribution in [-0.2, 0) is 11.3 Å². The zero-order valence-corrected chi connectivity index (χ0v) is 16.2. The monoisotopic (exact) mass is 402 g/mol. The highest BCUT2D eigenvalue weighted by Crippen LogP contribution is 2.40. The van der Waals surface area contributed by atoms with Crippen molar-refractivity contribution in [1.29, 1.82) is 0 Å². The maximum Gasteiger partial charge on any atom is 0.227 e. The van der Waals surface area contributed by atoms with Crippen LogP contribution in [0.5, 0.6) is 5.88 Å². The second kappa shape index (κ2) is 8.00. The first-order chi connectivity index (χ1) is 12.1. The molecule has 0 aliphatic heterocycles. The summed E-state index contributed by atoms with van der Waals surface area (Å²) in [6.07, 6.45) is 5.09. The summed E-state index contributed by atoms with van der Waals surface area (Å²) >= 11 is 3.43. The van der Waals surface area contributed by atoms with Gasteiger partial charge in [-0.15, -0.1) is 0 Å². The van der Waals surface area contributed by atoms with E-state index >= 15 is 0 Å². The van der Waals surface area contributed by atoms with Crippen LogP contribution in [0.4, 0.5) is 0 Å². The number of halogens is 1. The maximum atomic E-state index is 12.7. The number of methoxy groups -OCH3 is 1. The minimum Gasteiger partial charge on any atom is -0.481 e. The van der Waals surface area contributed by atoms with E-state index in [-0.39, 0.29) is 11.8 Å². The molecule has 0 spiro atoms. The third-order valence-electron chi connectivity index (χ3n) is 4.64. The third-order valence-corrected chi connectivity index (χ3v) is 5.17. The van der Waals surface area contributed by atoms with Crippen LogP contribution in [0.2, 0.25) is 0 Å². The number of ether oxygens (including phenoxy) is 1. The second-order valence-corrected chi connectivity index (χ2v) is 7.36. The summed E-state index contributed by atoms with van der Waals surface area (Å²) in [5, 5.41) is 3.05. The second-order valence-electron chi connectivity index (χ2n) is 6.44. The van der Waals surface area contributed by atoms with Crippen LogP contribution in [0, 0.1) is 0 Å². The van der Waals surface area contributed by atoms with Crippen LogP contribution in [0.3, 0.4) is 0 Å². The number of carbonyl (C=O) groups excluding carboxylic acids is 1. The van der Waals surface area contributed by atoms with E-state index in [1.165, 1.54) is 18.4 Å². The van der Waals surface area contributed by atoms with Gasteiger partial charge >= 0.3 is 0 Å². The first-order valence-electron chi connectivity index (χ1n) is 8.68. The number of aromatic nitrogens is 1. The molecule has 1 aromatic carbocycles. The molecule has 1 aliphatic carbocycles. The van der Waals surface area contributed by atoms with Crippen molar-refractivity contribution in [2.45, 2.75) is 44.6 Å². The number of carbonyl (C=O) groups is 1. The molecular weight excluding hydrogens is 380 g/mol. The van der Waals surface area contributed by atoms with Gasteiger partial charge in [0.05, 0.1) is 13.0 Å². The Morgan fingerprint density at radius 3 is 2.68 bits per heavy atom. The van der Waals surface area contributed by atoms with Gasteiger partial charge in [0.25, 0.3) is 0 Å². The van der Waals surface area contributed by atoms with Gasteiger partial charge < -0.3 is 10.1 Å². The zero-order chi connectivity index (χ0) is 17.8. The van der Waals surface area contributed by atoms with E-state index in [0.29, 0.717) is 18.3 Å². The van der Waals surface area contributed by atoms with E-state index < -0.39 is 0 Å². The van der Waals surface area contributed by atoms with Crippen LogP contribution in [0.1, 0.15) is 54.7 Å². The Morgan fingerprint density at radius 2 is 2.08 bits per heavy atom. The maximum absolute atomic E-state index is 12.7. The molecule has 4 nitrogen and oxygen atoms in total. The standard InChI is InChI=1S/C20H23BrN2O2/c1-3-18(14-6-8-17(21)9-7-14)19(24)22-12-16-10-15(13-4-5-13)11-23-20(16)25-2/h6-11,13,18H,3-5,12H2,1-2H3,(H,22,24). The highest BCUT2D eigenvalue weighted by atomic mass is 79.9. The van der Waals surface area contributed by atoms with Crippen molar-refractivity contribution < 1.29 is 9.53 Å². The highest BCUT2D eigenvalue weighted by Gasteiger charge is 2.25. The van der Waals surface area contributed by atoms with Crippen LogP contribution < -0.4 is 10.1 Å². The predicted octanol–water partition coefficient (Wildman–Crippen LogP) is 4.54. The van der Waals surface area contributed by atoms with E-state index in [1.807, 2.05) is 37.4 Å². The normalized spacial score (nSPS) is 14.8. The molecule has 5 heteroatoms. The molecule has 132 valence electrons. The quantitative estimate of drug-likeness (QED) is 0.739. The van der Waals surface area contributed by atoms with E-state index in [9.17, 15) is 4.79 Å². The Balaban J connectivity index is 1.70. The summed E-state index contributed by atoms with van der Waals surface area (Å²) in [4.78, 5) is 17.1. The summed E-state index contributed by atoms with van der Waals surface area (Å²) in [6.45, 7) is 2.46. The van der Waals surface area contributed by atoms with Gasteiger partial charge in [0.2, 0.25) is 11.8 Å². The predicted molar refractivity (Wildman–Crippen MR) is 102 cm³/mol. The number of hydrogen-bond acceptors (Lipinski definition) is 3. The molecule has 0 bridgehead atoms. The number of nitrogens with one attached hydrogen (secondary N) is 1. The number of rotatable bonds is 7. The minimum atomic E-state index is -0.154. The number of pyridine rings is 1. The number of amides is 1. The topological polar surface area (TPSA) is 51.2 Å². The van der Waals surface area contributed by atoms with Crippen LogP contribution >= 0.6 is 15.9 Å². The van der Waals surface area contributed by atoms with E-state index in [0.717, 1.165) is 22.0 Å². The molecular formula is C20H23BrN2O2. The molecule has 1 amide bonds. The van der Waals surface area contributed by atoms with Crippen molar-refractivity contribution in [3.05, 3.63) is 57.7 Å². The molecule has 0 saturated heterocycles. The van der Waals surface area contributed by atoms with Gasteiger partial charge in [0, 0.05) is 22.8 Å².